The smallest absolute Gasteiger partial charge is 0.163 e. The Morgan fingerprint density at radius 1 is 1.39 bits per heavy atom. The van der Waals surface area contributed by atoms with E-state index in [1.165, 1.54) is 0 Å². The number of furan rings is 1. The Labute approximate surface area is 133 Å². The number of hydrogen-bond donors (Lipinski definition) is 0. The lowest BCUT2D eigenvalue weighted by atomic mass is 10.2. The van der Waals surface area contributed by atoms with Gasteiger partial charge in [0.05, 0.1) is 30.5 Å². The van der Waals surface area contributed by atoms with Crippen LogP contribution in [0.5, 0.6) is 0 Å². The number of nitrogens with zero attached hydrogens (tertiary/aromatic N) is 5. The van der Waals surface area contributed by atoms with Gasteiger partial charge in [-0.15, -0.1) is 0 Å². The van der Waals surface area contributed by atoms with Crippen molar-refractivity contribution in [3.8, 4) is 0 Å². The number of hydrogen-bond acceptors (Lipinski definition) is 6. The average molecular weight is 313 g/mol. The average Bonchev–Trinajstić information content (AvgIpc) is 3.30. The zero-order chi connectivity index (χ0) is 15.6. The topological polar surface area (TPSA) is 69.2 Å². The van der Waals surface area contributed by atoms with E-state index < -0.39 is 0 Å². The molecule has 7 heteroatoms. The van der Waals surface area contributed by atoms with E-state index in [2.05, 4.69) is 20.0 Å². The minimum absolute atomic E-state index is 0.228. The molecular formula is C16H19N5O2. The van der Waals surface area contributed by atoms with Gasteiger partial charge in [0.25, 0.3) is 0 Å². The fourth-order valence-corrected chi connectivity index (χ4v) is 3.05. The number of aryl methyl sites for hydroxylation is 1. The predicted molar refractivity (Wildman–Crippen MR) is 85.0 cm³/mol. The molecular weight excluding hydrogens is 294 g/mol. The summed E-state index contributed by atoms with van der Waals surface area (Å²) < 4.78 is 13.1. The van der Waals surface area contributed by atoms with Crippen molar-refractivity contribution < 1.29 is 9.15 Å². The van der Waals surface area contributed by atoms with Crippen molar-refractivity contribution >= 4 is 16.9 Å². The first kappa shape index (κ1) is 14.2. The normalized spacial score (nSPS) is 17.9. The van der Waals surface area contributed by atoms with Gasteiger partial charge in [-0.25, -0.2) is 9.97 Å². The lowest BCUT2D eigenvalue weighted by Crippen LogP contribution is -2.32. The van der Waals surface area contributed by atoms with Crippen LogP contribution in [0.25, 0.3) is 11.0 Å². The van der Waals surface area contributed by atoms with Crippen molar-refractivity contribution in [3.63, 3.8) is 0 Å². The molecule has 23 heavy (non-hydrogen) atoms. The van der Waals surface area contributed by atoms with Crippen molar-refractivity contribution in [2.45, 2.75) is 25.5 Å². The number of fused-ring (bicyclic) bond motifs is 1. The number of anilines is 1. The van der Waals surface area contributed by atoms with E-state index in [4.69, 9.17) is 9.15 Å². The highest BCUT2D eigenvalue weighted by Crippen LogP contribution is 2.26. The lowest BCUT2D eigenvalue weighted by Gasteiger charge is -2.25. The van der Waals surface area contributed by atoms with Crippen LogP contribution < -0.4 is 4.90 Å². The summed E-state index contributed by atoms with van der Waals surface area (Å²) in [4.78, 5) is 11.0. The zero-order valence-electron chi connectivity index (χ0n) is 13.1. The molecule has 1 fully saturated rings. The highest BCUT2D eigenvalue weighted by atomic mass is 16.5. The van der Waals surface area contributed by atoms with Crippen LogP contribution in [0.2, 0.25) is 0 Å². The van der Waals surface area contributed by atoms with Crippen molar-refractivity contribution in [1.29, 1.82) is 0 Å². The molecule has 0 aliphatic carbocycles. The minimum atomic E-state index is 0.228. The van der Waals surface area contributed by atoms with Crippen LogP contribution in [0.3, 0.4) is 0 Å². The molecule has 0 radical (unpaired) electrons. The summed E-state index contributed by atoms with van der Waals surface area (Å²) >= 11 is 0. The Morgan fingerprint density at radius 2 is 2.35 bits per heavy atom. The maximum Gasteiger partial charge on any atom is 0.163 e. The molecule has 1 saturated heterocycles. The van der Waals surface area contributed by atoms with E-state index in [9.17, 15) is 0 Å². The molecule has 120 valence electrons. The van der Waals surface area contributed by atoms with Crippen LogP contribution in [-0.2, 0) is 18.3 Å². The van der Waals surface area contributed by atoms with E-state index in [1.807, 2.05) is 25.4 Å². The largest absolute Gasteiger partial charge is 0.467 e. The summed E-state index contributed by atoms with van der Waals surface area (Å²) in [5.41, 5.74) is 0.826. The molecule has 1 aliphatic heterocycles. The minimum Gasteiger partial charge on any atom is -0.467 e. The van der Waals surface area contributed by atoms with Gasteiger partial charge in [0, 0.05) is 20.2 Å². The fraction of sp³-hybridized carbons (Fsp3) is 0.438. The summed E-state index contributed by atoms with van der Waals surface area (Å²) in [6.45, 7) is 2.26. The number of ether oxygens (including phenoxy) is 1. The highest BCUT2D eigenvalue weighted by molar-refractivity contribution is 5.86. The summed E-state index contributed by atoms with van der Waals surface area (Å²) in [5.74, 6) is 1.77. The molecule has 4 heterocycles. The molecule has 1 atom stereocenters. The monoisotopic (exact) mass is 313 g/mol. The van der Waals surface area contributed by atoms with Gasteiger partial charge in [0.15, 0.2) is 5.65 Å². The van der Waals surface area contributed by atoms with Crippen LogP contribution >= 0.6 is 0 Å². The second-order valence-electron chi connectivity index (χ2n) is 5.80. The Kier molecular flexibility index (Phi) is 3.70. The van der Waals surface area contributed by atoms with E-state index in [0.717, 1.165) is 48.6 Å². The quantitative estimate of drug-likeness (QED) is 0.719. The molecule has 3 aromatic rings. The van der Waals surface area contributed by atoms with Gasteiger partial charge in [-0.2, -0.15) is 5.10 Å². The Hall–Kier alpha value is -2.41. The maximum absolute atomic E-state index is 5.80. The lowest BCUT2D eigenvalue weighted by molar-refractivity contribution is 0.115. The van der Waals surface area contributed by atoms with E-state index >= 15 is 0 Å². The zero-order valence-corrected chi connectivity index (χ0v) is 13.1. The molecule has 7 nitrogen and oxygen atoms in total. The van der Waals surface area contributed by atoms with Gasteiger partial charge in [-0.05, 0) is 25.0 Å². The van der Waals surface area contributed by atoms with Gasteiger partial charge in [0.1, 0.15) is 17.9 Å². The SMILES string of the molecule is Cn1ncc2c(N(Cc3ccco3)C[C@H]3CCCO3)ncnc21. The van der Waals surface area contributed by atoms with Crippen LogP contribution in [0.15, 0.2) is 35.3 Å². The van der Waals surface area contributed by atoms with Crippen molar-refractivity contribution in [1.82, 2.24) is 19.7 Å². The summed E-state index contributed by atoms with van der Waals surface area (Å²) in [7, 11) is 1.88. The highest BCUT2D eigenvalue weighted by Gasteiger charge is 2.23. The molecule has 0 unspecified atom stereocenters. The van der Waals surface area contributed by atoms with Gasteiger partial charge >= 0.3 is 0 Å². The second kappa shape index (κ2) is 6.00. The summed E-state index contributed by atoms with van der Waals surface area (Å²) in [5, 5.41) is 5.24. The third-order valence-corrected chi connectivity index (χ3v) is 4.18. The standard InChI is InChI=1S/C16H19N5O2/c1-20-15-14(8-19-20)16(18-11-17-15)21(9-12-4-2-6-22-12)10-13-5-3-7-23-13/h2,4,6,8,11,13H,3,5,7,9-10H2,1H3/t13-/m1/s1. The van der Waals surface area contributed by atoms with Crippen molar-refractivity contribution in [2.24, 2.45) is 7.05 Å². The maximum atomic E-state index is 5.80. The predicted octanol–water partition coefficient (Wildman–Crippen LogP) is 2.14. The second-order valence-corrected chi connectivity index (χ2v) is 5.80. The molecule has 0 saturated carbocycles. The molecule has 0 amide bonds. The third-order valence-electron chi connectivity index (χ3n) is 4.18. The molecule has 1 aliphatic rings. The van der Waals surface area contributed by atoms with Crippen LogP contribution in [0, 0.1) is 0 Å². The molecule has 0 spiro atoms. The van der Waals surface area contributed by atoms with Crippen LogP contribution in [0.4, 0.5) is 5.82 Å². The third kappa shape index (κ3) is 2.79. The first-order chi connectivity index (χ1) is 11.3. The van der Waals surface area contributed by atoms with E-state index in [1.54, 1.807) is 17.3 Å². The van der Waals surface area contributed by atoms with Gasteiger partial charge < -0.3 is 14.1 Å². The van der Waals surface area contributed by atoms with Gasteiger partial charge in [-0.1, -0.05) is 0 Å². The molecule has 4 rings (SSSR count). The van der Waals surface area contributed by atoms with E-state index in [0.29, 0.717) is 6.54 Å². The molecule has 0 N–H and O–H groups in total. The first-order valence-corrected chi connectivity index (χ1v) is 7.83. The van der Waals surface area contributed by atoms with Gasteiger partial charge in [-0.3, -0.25) is 4.68 Å². The van der Waals surface area contributed by atoms with Crippen molar-refractivity contribution in [2.75, 3.05) is 18.1 Å². The fourth-order valence-electron chi connectivity index (χ4n) is 3.05. The Bertz CT molecular complexity index is 777. The number of aromatic nitrogens is 4. The van der Waals surface area contributed by atoms with Gasteiger partial charge in [0.2, 0.25) is 0 Å². The van der Waals surface area contributed by atoms with Crippen LogP contribution in [0.1, 0.15) is 18.6 Å². The Balaban J connectivity index is 1.69. The number of rotatable bonds is 5. The van der Waals surface area contributed by atoms with E-state index in [-0.39, 0.29) is 6.10 Å². The molecule has 0 bridgehead atoms. The van der Waals surface area contributed by atoms with Crippen LogP contribution in [-0.4, -0.2) is 39.0 Å². The summed E-state index contributed by atoms with van der Waals surface area (Å²) in [6, 6.07) is 3.88. The molecule has 0 aromatic carbocycles. The Morgan fingerprint density at radius 3 is 3.13 bits per heavy atom. The van der Waals surface area contributed by atoms with Crippen molar-refractivity contribution in [3.05, 3.63) is 36.7 Å². The summed E-state index contributed by atoms with van der Waals surface area (Å²) in [6.07, 6.45) is 7.52. The first-order valence-electron chi connectivity index (χ1n) is 7.83. The molecule has 3 aromatic heterocycles.